The van der Waals surface area contributed by atoms with E-state index in [9.17, 15) is 26.7 Å². The molecule has 1 atom stereocenters. The van der Waals surface area contributed by atoms with E-state index in [1.807, 2.05) is 0 Å². The van der Waals surface area contributed by atoms with Crippen LogP contribution < -0.4 is 4.74 Å². The van der Waals surface area contributed by atoms with Crippen molar-refractivity contribution >= 4 is 17.0 Å². The van der Waals surface area contributed by atoms with Gasteiger partial charge in [0, 0.05) is 0 Å². The lowest BCUT2D eigenvalue weighted by Gasteiger charge is -2.15. The van der Waals surface area contributed by atoms with Gasteiger partial charge in [0.05, 0.1) is 16.6 Å². The van der Waals surface area contributed by atoms with Crippen LogP contribution in [0.2, 0.25) is 0 Å². The third kappa shape index (κ3) is 4.64. The molecule has 0 radical (unpaired) electrons. The van der Waals surface area contributed by atoms with Gasteiger partial charge >= 0.3 is 18.7 Å². The third-order valence-corrected chi connectivity index (χ3v) is 4.01. The third-order valence-electron chi connectivity index (χ3n) is 4.01. The summed E-state index contributed by atoms with van der Waals surface area (Å²) in [5, 5.41) is 0. The van der Waals surface area contributed by atoms with Crippen molar-refractivity contribution in [3.63, 3.8) is 0 Å². The van der Waals surface area contributed by atoms with Gasteiger partial charge in [-0.05, 0) is 37.3 Å². The Morgan fingerprint density at radius 3 is 2.55 bits per heavy atom. The van der Waals surface area contributed by atoms with Gasteiger partial charge in [0.15, 0.2) is 18.5 Å². The molecular weight excluding hydrogens is 399 g/mol. The van der Waals surface area contributed by atoms with Crippen LogP contribution in [0.1, 0.15) is 31.0 Å². The molecule has 10 heteroatoms. The Balaban J connectivity index is 1.69. The van der Waals surface area contributed by atoms with E-state index in [0.717, 1.165) is 18.2 Å². The van der Waals surface area contributed by atoms with Gasteiger partial charge < -0.3 is 9.47 Å². The number of halogens is 5. The highest BCUT2D eigenvalue weighted by atomic mass is 19.4. The molecule has 0 amide bonds. The van der Waals surface area contributed by atoms with Crippen molar-refractivity contribution in [2.45, 2.75) is 25.8 Å². The minimum absolute atomic E-state index is 0.159. The zero-order chi connectivity index (χ0) is 21.2. The number of carbonyl (C=O) groups excluding carboxylic acids is 1. The topological polar surface area (TPSA) is 53.4 Å². The van der Waals surface area contributed by atoms with Crippen LogP contribution in [0.4, 0.5) is 22.0 Å². The number of aromatic nitrogens is 2. The standard InChI is InChI=1S/C19H15F5N2O3/c1-11(17-25-14-7-2-3-8-15(14)26(17)18(20)21)29-16(27)10-28-13-6-4-5-12(9-13)19(22,23)24/h2-9,11,18H,10H2,1H3. The summed E-state index contributed by atoms with van der Waals surface area (Å²) < 4.78 is 75.8. The van der Waals surface area contributed by atoms with Crippen LogP contribution in [0.5, 0.6) is 5.75 Å². The fourth-order valence-corrected chi connectivity index (χ4v) is 2.74. The van der Waals surface area contributed by atoms with Crippen LogP contribution in [0.3, 0.4) is 0 Å². The summed E-state index contributed by atoms with van der Waals surface area (Å²) >= 11 is 0. The molecule has 0 bridgehead atoms. The predicted octanol–water partition coefficient (Wildman–Crippen LogP) is 5.13. The summed E-state index contributed by atoms with van der Waals surface area (Å²) in [4.78, 5) is 16.1. The summed E-state index contributed by atoms with van der Waals surface area (Å²) in [6.45, 7) is -2.23. The van der Waals surface area contributed by atoms with Gasteiger partial charge in [0.25, 0.3) is 0 Å². The number of para-hydroxylation sites is 2. The number of hydrogen-bond donors (Lipinski definition) is 0. The summed E-state index contributed by atoms with van der Waals surface area (Å²) in [7, 11) is 0. The highest BCUT2D eigenvalue weighted by molar-refractivity contribution is 5.76. The van der Waals surface area contributed by atoms with Crippen molar-refractivity contribution in [3.05, 3.63) is 59.9 Å². The summed E-state index contributed by atoms with van der Waals surface area (Å²) in [6.07, 6.45) is -5.68. The van der Waals surface area contributed by atoms with Crippen LogP contribution in [-0.2, 0) is 15.7 Å². The van der Waals surface area contributed by atoms with Gasteiger partial charge in [0.2, 0.25) is 0 Å². The second-order valence-corrected chi connectivity index (χ2v) is 6.05. The minimum Gasteiger partial charge on any atom is -0.482 e. The van der Waals surface area contributed by atoms with Crippen molar-refractivity contribution in [2.24, 2.45) is 0 Å². The minimum atomic E-state index is -4.55. The second-order valence-electron chi connectivity index (χ2n) is 6.05. The molecule has 1 heterocycles. The highest BCUT2D eigenvalue weighted by Crippen LogP contribution is 2.31. The Labute approximate surface area is 161 Å². The average Bonchev–Trinajstić information content (AvgIpc) is 3.06. The zero-order valence-corrected chi connectivity index (χ0v) is 15.0. The maximum atomic E-state index is 13.5. The normalized spacial score (nSPS) is 12.9. The molecule has 29 heavy (non-hydrogen) atoms. The smallest absolute Gasteiger partial charge is 0.416 e. The fourth-order valence-electron chi connectivity index (χ4n) is 2.74. The number of esters is 1. The van der Waals surface area contributed by atoms with Gasteiger partial charge in [-0.3, -0.25) is 4.57 Å². The van der Waals surface area contributed by atoms with E-state index in [4.69, 9.17) is 9.47 Å². The fraction of sp³-hybridized carbons (Fsp3) is 0.263. The molecule has 0 saturated carbocycles. The molecule has 2 aromatic carbocycles. The van der Waals surface area contributed by atoms with E-state index < -0.39 is 37.0 Å². The SMILES string of the molecule is CC(OC(=O)COc1cccc(C(F)(F)F)c1)c1nc2ccccc2n1C(F)F. The number of imidazole rings is 1. The van der Waals surface area contributed by atoms with E-state index in [0.29, 0.717) is 10.1 Å². The summed E-state index contributed by atoms with van der Waals surface area (Å²) in [5.41, 5.74) is -0.436. The Bertz CT molecular complexity index is 1020. The number of alkyl halides is 5. The van der Waals surface area contributed by atoms with Crippen molar-refractivity contribution in [1.82, 2.24) is 9.55 Å². The Morgan fingerprint density at radius 2 is 1.86 bits per heavy atom. The van der Waals surface area contributed by atoms with Crippen molar-refractivity contribution in [2.75, 3.05) is 6.61 Å². The summed E-state index contributed by atoms with van der Waals surface area (Å²) in [5.74, 6) is -1.28. The highest BCUT2D eigenvalue weighted by Gasteiger charge is 2.30. The van der Waals surface area contributed by atoms with Gasteiger partial charge in [-0.15, -0.1) is 0 Å². The van der Waals surface area contributed by atoms with Gasteiger partial charge in [-0.2, -0.15) is 22.0 Å². The van der Waals surface area contributed by atoms with Crippen molar-refractivity contribution < 1.29 is 36.2 Å². The monoisotopic (exact) mass is 414 g/mol. The summed E-state index contributed by atoms with van der Waals surface area (Å²) in [6, 6.07) is 10.2. The van der Waals surface area contributed by atoms with Crippen LogP contribution in [0.15, 0.2) is 48.5 Å². The molecule has 3 rings (SSSR count). The maximum Gasteiger partial charge on any atom is 0.416 e. The van der Waals surface area contributed by atoms with Crippen molar-refractivity contribution in [3.8, 4) is 5.75 Å². The number of fused-ring (bicyclic) bond motifs is 1. The van der Waals surface area contributed by atoms with E-state index in [1.54, 1.807) is 18.2 Å². The first kappa shape index (κ1) is 20.6. The molecule has 0 spiro atoms. The molecule has 0 aliphatic carbocycles. The quantitative estimate of drug-likeness (QED) is 0.414. The van der Waals surface area contributed by atoms with E-state index in [1.165, 1.54) is 19.1 Å². The predicted molar refractivity (Wildman–Crippen MR) is 92.4 cm³/mol. The molecule has 5 nitrogen and oxygen atoms in total. The Kier molecular flexibility index (Phi) is 5.71. The lowest BCUT2D eigenvalue weighted by Crippen LogP contribution is -2.19. The number of ether oxygens (including phenoxy) is 2. The Morgan fingerprint density at radius 1 is 1.14 bits per heavy atom. The molecule has 0 fully saturated rings. The van der Waals surface area contributed by atoms with E-state index in [-0.39, 0.29) is 17.1 Å². The number of hydrogen-bond acceptors (Lipinski definition) is 4. The van der Waals surface area contributed by atoms with Crippen LogP contribution in [0, 0.1) is 0 Å². The van der Waals surface area contributed by atoms with Crippen molar-refractivity contribution in [1.29, 1.82) is 0 Å². The number of carbonyl (C=O) groups is 1. The average molecular weight is 414 g/mol. The number of rotatable bonds is 6. The first-order chi connectivity index (χ1) is 13.7. The first-order valence-electron chi connectivity index (χ1n) is 8.41. The van der Waals surface area contributed by atoms with Gasteiger partial charge in [-0.25, -0.2) is 9.78 Å². The second kappa shape index (κ2) is 8.06. The zero-order valence-electron chi connectivity index (χ0n) is 15.0. The molecular formula is C19H15F5N2O3. The van der Waals surface area contributed by atoms with Crippen LogP contribution in [-0.4, -0.2) is 22.1 Å². The van der Waals surface area contributed by atoms with Crippen LogP contribution in [0.25, 0.3) is 11.0 Å². The maximum absolute atomic E-state index is 13.5. The molecule has 0 saturated heterocycles. The van der Waals surface area contributed by atoms with Gasteiger partial charge in [0.1, 0.15) is 5.75 Å². The largest absolute Gasteiger partial charge is 0.482 e. The number of nitrogens with zero attached hydrogens (tertiary/aromatic N) is 2. The molecule has 3 aromatic rings. The van der Waals surface area contributed by atoms with Crippen LogP contribution >= 0.6 is 0 Å². The van der Waals surface area contributed by atoms with Gasteiger partial charge in [-0.1, -0.05) is 18.2 Å². The molecule has 1 unspecified atom stereocenters. The molecule has 0 N–H and O–H groups in total. The first-order valence-corrected chi connectivity index (χ1v) is 8.41. The molecule has 154 valence electrons. The lowest BCUT2D eigenvalue weighted by molar-refractivity contribution is -0.151. The Hall–Kier alpha value is -3.17. The number of benzene rings is 2. The lowest BCUT2D eigenvalue weighted by atomic mass is 10.2. The molecule has 0 aliphatic heterocycles. The molecule has 0 aliphatic rings. The van der Waals surface area contributed by atoms with E-state index >= 15 is 0 Å². The van der Waals surface area contributed by atoms with E-state index in [2.05, 4.69) is 4.98 Å². The molecule has 1 aromatic heterocycles.